The maximum atomic E-state index is 12.1. The molecule has 0 atom stereocenters. The molecule has 0 N–H and O–H groups in total. The van der Waals surface area contributed by atoms with Crippen LogP contribution in [0.3, 0.4) is 0 Å². The summed E-state index contributed by atoms with van der Waals surface area (Å²) in [5.74, 6) is -0.0150. The van der Waals surface area contributed by atoms with Crippen molar-refractivity contribution in [1.82, 2.24) is 14.9 Å². The van der Waals surface area contributed by atoms with Crippen molar-refractivity contribution < 1.29 is 4.79 Å². The van der Waals surface area contributed by atoms with Crippen molar-refractivity contribution in [3.05, 3.63) is 47.4 Å². The van der Waals surface area contributed by atoms with Gasteiger partial charge in [0.05, 0.1) is 10.6 Å². The molecule has 0 aliphatic heterocycles. The zero-order chi connectivity index (χ0) is 13.8. The SMILES string of the molecule is Cc1nc(-c2cccnc2)sc1C(=O)/C=C/N(C)C. The lowest BCUT2D eigenvalue weighted by Crippen LogP contribution is -2.02. The van der Waals surface area contributed by atoms with E-state index in [0.29, 0.717) is 4.88 Å². The van der Waals surface area contributed by atoms with E-state index in [9.17, 15) is 4.79 Å². The van der Waals surface area contributed by atoms with Crippen molar-refractivity contribution in [3.8, 4) is 10.6 Å². The van der Waals surface area contributed by atoms with Gasteiger partial charge in [-0.25, -0.2) is 4.98 Å². The smallest absolute Gasteiger partial charge is 0.199 e. The van der Waals surface area contributed by atoms with E-state index in [4.69, 9.17) is 0 Å². The molecule has 0 amide bonds. The standard InChI is InChI=1S/C14H15N3OS/c1-10-13(12(18)6-8-17(2)3)19-14(16-10)11-5-4-7-15-9-11/h4-9H,1-3H3/b8-6+. The van der Waals surface area contributed by atoms with Gasteiger partial charge in [0.15, 0.2) is 5.78 Å². The Morgan fingerprint density at radius 1 is 1.42 bits per heavy atom. The Morgan fingerprint density at radius 3 is 2.84 bits per heavy atom. The number of aromatic nitrogens is 2. The Hall–Kier alpha value is -2.01. The molecular weight excluding hydrogens is 258 g/mol. The molecular formula is C14H15N3OS. The Labute approximate surface area is 116 Å². The molecule has 2 aromatic heterocycles. The van der Waals surface area contributed by atoms with E-state index >= 15 is 0 Å². The quantitative estimate of drug-likeness (QED) is 0.635. The van der Waals surface area contributed by atoms with Crippen LogP contribution >= 0.6 is 11.3 Å². The highest BCUT2D eigenvalue weighted by molar-refractivity contribution is 7.17. The van der Waals surface area contributed by atoms with Gasteiger partial charge in [-0.05, 0) is 19.1 Å². The zero-order valence-corrected chi connectivity index (χ0v) is 11.9. The first-order valence-electron chi connectivity index (χ1n) is 5.84. The number of hydrogen-bond acceptors (Lipinski definition) is 5. The number of carbonyl (C=O) groups excluding carboxylic acids is 1. The number of allylic oxidation sites excluding steroid dienone is 1. The molecule has 0 aliphatic rings. The van der Waals surface area contributed by atoms with Crippen LogP contribution in [0.2, 0.25) is 0 Å². The summed E-state index contributed by atoms with van der Waals surface area (Å²) in [5, 5.41) is 0.826. The lowest BCUT2D eigenvalue weighted by atomic mass is 10.2. The van der Waals surface area contributed by atoms with Crippen molar-refractivity contribution in [2.75, 3.05) is 14.1 Å². The van der Waals surface area contributed by atoms with E-state index in [1.165, 1.54) is 11.3 Å². The summed E-state index contributed by atoms with van der Waals surface area (Å²) < 4.78 is 0. The maximum absolute atomic E-state index is 12.1. The molecule has 0 bridgehead atoms. The third kappa shape index (κ3) is 3.26. The van der Waals surface area contributed by atoms with Gasteiger partial charge in [0.1, 0.15) is 5.01 Å². The fourth-order valence-electron chi connectivity index (χ4n) is 1.53. The molecule has 0 aromatic carbocycles. The summed E-state index contributed by atoms with van der Waals surface area (Å²) in [4.78, 5) is 23.1. The molecule has 0 saturated carbocycles. The first-order chi connectivity index (χ1) is 9.08. The lowest BCUT2D eigenvalue weighted by Gasteiger charge is -2.01. The number of thiazole rings is 1. The number of pyridine rings is 1. The van der Waals surface area contributed by atoms with E-state index in [2.05, 4.69) is 9.97 Å². The fourth-order valence-corrected chi connectivity index (χ4v) is 2.51. The highest BCUT2D eigenvalue weighted by Gasteiger charge is 2.14. The van der Waals surface area contributed by atoms with Crippen LogP contribution in [0.25, 0.3) is 10.6 Å². The molecule has 0 unspecified atom stereocenters. The molecule has 2 rings (SSSR count). The van der Waals surface area contributed by atoms with Crippen LogP contribution in [0.15, 0.2) is 36.8 Å². The minimum absolute atomic E-state index is 0.0150. The Morgan fingerprint density at radius 2 is 2.21 bits per heavy atom. The van der Waals surface area contributed by atoms with Gasteiger partial charge in [-0.3, -0.25) is 9.78 Å². The van der Waals surface area contributed by atoms with Crippen LogP contribution < -0.4 is 0 Å². The largest absolute Gasteiger partial charge is 0.383 e. The predicted octanol–water partition coefficient (Wildman–Crippen LogP) is 2.77. The highest BCUT2D eigenvalue weighted by Crippen LogP contribution is 2.27. The molecule has 5 heteroatoms. The van der Waals surface area contributed by atoms with Gasteiger partial charge in [-0.1, -0.05) is 0 Å². The van der Waals surface area contributed by atoms with Crippen molar-refractivity contribution >= 4 is 17.1 Å². The van der Waals surface area contributed by atoms with Gasteiger partial charge in [0, 0.05) is 44.3 Å². The van der Waals surface area contributed by atoms with Crippen LogP contribution in [0.1, 0.15) is 15.4 Å². The van der Waals surface area contributed by atoms with Crippen LogP contribution in [0.5, 0.6) is 0 Å². The number of rotatable bonds is 4. The first-order valence-corrected chi connectivity index (χ1v) is 6.66. The van der Waals surface area contributed by atoms with E-state index in [0.717, 1.165) is 16.3 Å². The fraction of sp³-hybridized carbons (Fsp3) is 0.214. The van der Waals surface area contributed by atoms with Crippen LogP contribution in [-0.4, -0.2) is 34.7 Å². The molecule has 0 spiro atoms. The second-order valence-corrected chi connectivity index (χ2v) is 5.32. The molecule has 0 radical (unpaired) electrons. The van der Waals surface area contributed by atoms with Crippen molar-refractivity contribution in [2.45, 2.75) is 6.92 Å². The molecule has 0 aliphatic carbocycles. The second kappa shape index (κ2) is 5.75. The van der Waals surface area contributed by atoms with Crippen molar-refractivity contribution in [1.29, 1.82) is 0 Å². The average Bonchev–Trinajstić information content (AvgIpc) is 2.79. The number of hydrogen-bond donors (Lipinski definition) is 0. The van der Waals surface area contributed by atoms with Gasteiger partial charge >= 0.3 is 0 Å². The predicted molar refractivity (Wildman–Crippen MR) is 77.2 cm³/mol. The summed E-state index contributed by atoms with van der Waals surface area (Å²) in [6.45, 7) is 1.85. The van der Waals surface area contributed by atoms with Gasteiger partial charge in [-0.15, -0.1) is 11.3 Å². The van der Waals surface area contributed by atoms with Crippen molar-refractivity contribution in [3.63, 3.8) is 0 Å². The second-order valence-electron chi connectivity index (χ2n) is 4.32. The number of nitrogens with zero attached hydrogens (tertiary/aromatic N) is 3. The third-order valence-corrected chi connectivity index (χ3v) is 3.67. The van der Waals surface area contributed by atoms with E-state index in [-0.39, 0.29) is 5.78 Å². The lowest BCUT2D eigenvalue weighted by molar-refractivity contribution is 0.104. The molecule has 19 heavy (non-hydrogen) atoms. The monoisotopic (exact) mass is 273 g/mol. The molecule has 98 valence electrons. The van der Waals surface area contributed by atoms with Crippen LogP contribution in [-0.2, 0) is 0 Å². The maximum Gasteiger partial charge on any atom is 0.199 e. The number of ketones is 1. The van der Waals surface area contributed by atoms with Gasteiger partial charge < -0.3 is 4.90 Å². The number of aryl methyl sites for hydroxylation is 1. The summed E-state index contributed by atoms with van der Waals surface area (Å²) in [6, 6.07) is 3.80. The molecule has 0 saturated heterocycles. The molecule has 0 fully saturated rings. The van der Waals surface area contributed by atoms with Crippen molar-refractivity contribution in [2.24, 2.45) is 0 Å². The van der Waals surface area contributed by atoms with Gasteiger partial charge in [0.2, 0.25) is 0 Å². The molecule has 2 heterocycles. The summed E-state index contributed by atoms with van der Waals surface area (Å²) in [5.41, 5.74) is 1.70. The minimum atomic E-state index is -0.0150. The first kappa shape index (κ1) is 13.4. The molecule has 4 nitrogen and oxygen atoms in total. The zero-order valence-electron chi connectivity index (χ0n) is 11.1. The Kier molecular flexibility index (Phi) is 4.06. The minimum Gasteiger partial charge on any atom is -0.383 e. The topological polar surface area (TPSA) is 46.1 Å². The Bertz CT molecular complexity index is 602. The van der Waals surface area contributed by atoms with Gasteiger partial charge in [-0.2, -0.15) is 0 Å². The molecule has 2 aromatic rings. The highest BCUT2D eigenvalue weighted by atomic mass is 32.1. The summed E-state index contributed by atoms with van der Waals surface area (Å²) in [7, 11) is 3.76. The van der Waals surface area contributed by atoms with Gasteiger partial charge in [0.25, 0.3) is 0 Å². The Balaban J connectivity index is 2.29. The normalized spacial score (nSPS) is 10.9. The van der Waals surface area contributed by atoms with E-state index in [1.807, 2.05) is 38.1 Å². The van der Waals surface area contributed by atoms with Crippen LogP contribution in [0, 0.1) is 6.92 Å². The summed E-state index contributed by atoms with van der Waals surface area (Å²) in [6.07, 6.45) is 6.77. The third-order valence-electron chi connectivity index (χ3n) is 2.45. The van der Waals surface area contributed by atoms with Crippen LogP contribution in [0.4, 0.5) is 0 Å². The van der Waals surface area contributed by atoms with E-state index in [1.54, 1.807) is 24.7 Å². The average molecular weight is 273 g/mol. The number of carbonyl (C=O) groups is 1. The summed E-state index contributed by atoms with van der Waals surface area (Å²) >= 11 is 1.40. The van der Waals surface area contributed by atoms with E-state index < -0.39 is 0 Å².